The van der Waals surface area contributed by atoms with E-state index < -0.39 is 0 Å². The molecule has 0 aliphatic carbocycles. The Labute approximate surface area is 90.1 Å². The van der Waals surface area contributed by atoms with Crippen LogP contribution in [-0.4, -0.2) is 29.5 Å². The van der Waals surface area contributed by atoms with Crippen LogP contribution in [0.25, 0.3) is 0 Å². The van der Waals surface area contributed by atoms with E-state index in [4.69, 9.17) is 4.74 Å². The maximum atomic E-state index is 5.09. The quantitative estimate of drug-likeness (QED) is 0.800. The average Bonchev–Trinajstić information content (AvgIpc) is 2.11. The van der Waals surface area contributed by atoms with Crippen LogP contribution < -0.4 is 5.32 Å². The van der Waals surface area contributed by atoms with Gasteiger partial charge in [-0.1, -0.05) is 20.8 Å². The van der Waals surface area contributed by atoms with E-state index in [1.165, 1.54) is 5.56 Å². The van der Waals surface area contributed by atoms with Crippen LogP contribution in [0.1, 0.15) is 26.3 Å². The molecule has 1 aromatic rings. The SMILES string of the molecule is CC(C)(C)c1cnnc(NC2COC2)c1. The van der Waals surface area contributed by atoms with Crippen molar-refractivity contribution in [2.45, 2.75) is 32.2 Å². The highest BCUT2D eigenvalue weighted by Gasteiger charge is 2.20. The van der Waals surface area contributed by atoms with Gasteiger partial charge in [-0.2, -0.15) is 5.10 Å². The molecule has 0 spiro atoms. The van der Waals surface area contributed by atoms with Crippen molar-refractivity contribution in [1.82, 2.24) is 10.2 Å². The van der Waals surface area contributed by atoms with Gasteiger partial charge in [-0.3, -0.25) is 0 Å². The molecule has 1 saturated heterocycles. The molecule has 15 heavy (non-hydrogen) atoms. The highest BCUT2D eigenvalue weighted by atomic mass is 16.5. The first-order valence-corrected chi connectivity index (χ1v) is 5.23. The van der Waals surface area contributed by atoms with Crippen LogP contribution in [0.15, 0.2) is 12.3 Å². The fraction of sp³-hybridized carbons (Fsp3) is 0.636. The number of ether oxygens (including phenoxy) is 1. The van der Waals surface area contributed by atoms with Crippen molar-refractivity contribution in [2.24, 2.45) is 0 Å². The van der Waals surface area contributed by atoms with Crippen LogP contribution in [-0.2, 0) is 10.2 Å². The maximum Gasteiger partial charge on any atom is 0.149 e. The minimum atomic E-state index is 0.114. The Morgan fingerprint density at radius 2 is 2.13 bits per heavy atom. The van der Waals surface area contributed by atoms with E-state index in [0.717, 1.165) is 19.0 Å². The molecule has 2 rings (SSSR count). The molecule has 0 atom stereocenters. The number of anilines is 1. The summed E-state index contributed by atoms with van der Waals surface area (Å²) < 4.78 is 5.09. The molecule has 0 bridgehead atoms. The lowest BCUT2D eigenvalue weighted by atomic mass is 9.88. The highest BCUT2D eigenvalue weighted by molar-refractivity contribution is 5.39. The smallest absolute Gasteiger partial charge is 0.149 e. The summed E-state index contributed by atoms with van der Waals surface area (Å²) in [7, 11) is 0. The third-order valence-corrected chi connectivity index (χ3v) is 2.51. The molecular formula is C11H17N3O. The summed E-state index contributed by atoms with van der Waals surface area (Å²) in [6.07, 6.45) is 1.82. The second-order valence-electron chi connectivity index (χ2n) is 4.96. The molecule has 1 fully saturated rings. The molecule has 1 aromatic heterocycles. The van der Waals surface area contributed by atoms with Gasteiger partial charge >= 0.3 is 0 Å². The van der Waals surface area contributed by atoms with E-state index >= 15 is 0 Å². The van der Waals surface area contributed by atoms with Gasteiger partial charge in [0.25, 0.3) is 0 Å². The molecule has 0 amide bonds. The summed E-state index contributed by atoms with van der Waals surface area (Å²) in [5.74, 6) is 0.843. The number of rotatable bonds is 2. The van der Waals surface area contributed by atoms with Gasteiger partial charge in [-0.25, -0.2) is 0 Å². The van der Waals surface area contributed by atoms with Gasteiger partial charge in [0.1, 0.15) is 5.82 Å². The number of aromatic nitrogens is 2. The van der Waals surface area contributed by atoms with Gasteiger partial charge < -0.3 is 10.1 Å². The third-order valence-electron chi connectivity index (χ3n) is 2.51. The molecule has 0 aromatic carbocycles. The molecule has 1 N–H and O–H groups in total. The molecule has 4 heteroatoms. The Bertz CT molecular complexity index is 342. The predicted octanol–water partition coefficient (Wildman–Crippen LogP) is 1.58. The van der Waals surface area contributed by atoms with Crippen LogP contribution in [0, 0.1) is 0 Å². The topological polar surface area (TPSA) is 47.0 Å². The second kappa shape index (κ2) is 3.77. The summed E-state index contributed by atoms with van der Waals surface area (Å²) >= 11 is 0. The van der Waals surface area contributed by atoms with Crippen molar-refractivity contribution in [3.63, 3.8) is 0 Å². The molecule has 0 saturated carbocycles. The Hall–Kier alpha value is -1.16. The minimum Gasteiger partial charge on any atom is -0.377 e. The van der Waals surface area contributed by atoms with Crippen molar-refractivity contribution < 1.29 is 4.74 Å². The van der Waals surface area contributed by atoms with Crippen molar-refractivity contribution in [3.8, 4) is 0 Å². The Morgan fingerprint density at radius 1 is 1.40 bits per heavy atom. The summed E-state index contributed by atoms with van der Waals surface area (Å²) in [6, 6.07) is 2.46. The molecule has 0 unspecified atom stereocenters. The predicted molar refractivity (Wildman–Crippen MR) is 59.0 cm³/mol. The lowest BCUT2D eigenvalue weighted by Gasteiger charge is -2.27. The maximum absolute atomic E-state index is 5.09. The molecule has 1 aliphatic rings. The van der Waals surface area contributed by atoms with E-state index in [9.17, 15) is 0 Å². The van der Waals surface area contributed by atoms with Crippen molar-refractivity contribution in [2.75, 3.05) is 18.5 Å². The number of nitrogens with zero attached hydrogens (tertiary/aromatic N) is 2. The number of hydrogen-bond acceptors (Lipinski definition) is 4. The molecule has 0 radical (unpaired) electrons. The summed E-state index contributed by atoms with van der Waals surface area (Å²) in [5, 5.41) is 11.4. The molecular weight excluding hydrogens is 190 g/mol. The first kappa shape index (κ1) is 10.4. The van der Waals surface area contributed by atoms with E-state index in [1.807, 2.05) is 6.20 Å². The van der Waals surface area contributed by atoms with Gasteiger partial charge in [-0.15, -0.1) is 5.10 Å². The molecule has 1 aliphatic heterocycles. The third kappa shape index (κ3) is 2.45. The van der Waals surface area contributed by atoms with Crippen LogP contribution in [0.4, 0.5) is 5.82 Å². The zero-order chi connectivity index (χ0) is 10.9. The first-order valence-electron chi connectivity index (χ1n) is 5.23. The van der Waals surface area contributed by atoms with Gasteiger partial charge in [0.15, 0.2) is 0 Å². The van der Waals surface area contributed by atoms with Crippen LogP contribution in [0.3, 0.4) is 0 Å². The van der Waals surface area contributed by atoms with Gasteiger partial charge in [-0.05, 0) is 17.0 Å². The summed E-state index contributed by atoms with van der Waals surface area (Å²) in [6.45, 7) is 8.03. The highest BCUT2D eigenvalue weighted by Crippen LogP contribution is 2.23. The molecule has 2 heterocycles. The van der Waals surface area contributed by atoms with E-state index in [0.29, 0.717) is 6.04 Å². The van der Waals surface area contributed by atoms with Gasteiger partial charge in [0.2, 0.25) is 0 Å². The van der Waals surface area contributed by atoms with Gasteiger partial charge in [0.05, 0.1) is 25.5 Å². The first-order chi connectivity index (χ1) is 7.05. The second-order valence-corrected chi connectivity index (χ2v) is 4.96. The van der Waals surface area contributed by atoms with Crippen molar-refractivity contribution >= 4 is 5.82 Å². The fourth-order valence-electron chi connectivity index (χ4n) is 1.38. The largest absolute Gasteiger partial charge is 0.377 e. The number of nitrogens with one attached hydrogen (secondary N) is 1. The van der Waals surface area contributed by atoms with Gasteiger partial charge in [0, 0.05) is 0 Å². The number of hydrogen-bond donors (Lipinski definition) is 1. The zero-order valence-corrected chi connectivity index (χ0v) is 9.45. The van der Waals surface area contributed by atoms with E-state index in [2.05, 4.69) is 42.4 Å². The average molecular weight is 207 g/mol. The van der Waals surface area contributed by atoms with Crippen LogP contribution in [0.2, 0.25) is 0 Å². The Balaban J connectivity index is 2.11. The summed E-state index contributed by atoms with van der Waals surface area (Å²) in [4.78, 5) is 0. The standard InChI is InChI=1S/C11H17N3O/c1-11(2,3)8-4-10(14-12-5-8)13-9-6-15-7-9/h4-5,9H,6-7H2,1-3H3,(H,13,14). The minimum absolute atomic E-state index is 0.114. The molecule has 4 nitrogen and oxygen atoms in total. The Kier molecular flexibility index (Phi) is 2.61. The lowest BCUT2D eigenvalue weighted by molar-refractivity contribution is 0.0209. The summed E-state index contributed by atoms with van der Waals surface area (Å²) in [5.41, 5.74) is 1.31. The molecule has 82 valence electrons. The van der Waals surface area contributed by atoms with Crippen molar-refractivity contribution in [3.05, 3.63) is 17.8 Å². The van der Waals surface area contributed by atoms with Crippen molar-refractivity contribution in [1.29, 1.82) is 0 Å². The van der Waals surface area contributed by atoms with E-state index in [-0.39, 0.29) is 5.41 Å². The fourth-order valence-corrected chi connectivity index (χ4v) is 1.38. The Morgan fingerprint density at radius 3 is 2.67 bits per heavy atom. The monoisotopic (exact) mass is 207 g/mol. The van der Waals surface area contributed by atoms with E-state index in [1.54, 1.807) is 0 Å². The van der Waals surface area contributed by atoms with Crippen LogP contribution >= 0.6 is 0 Å². The zero-order valence-electron chi connectivity index (χ0n) is 9.45. The van der Waals surface area contributed by atoms with Crippen LogP contribution in [0.5, 0.6) is 0 Å². The normalized spacial score (nSPS) is 17.3. The lowest BCUT2D eigenvalue weighted by Crippen LogP contribution is -2.40.